The summed E-state index contributed by atoms with van der Waals surface area (Å²) in [4.78, 5) is 31.9. The van der Waals surface area contributed by atoms with Gasteiger partial charge < -0.3 is 5.73 Å². The van der Waals surface area contributed by atoms with E-state index < -0.39 is 0 Å². The Morgan fingerprint density at radius 3 is 2.18 bits per heavy atom. The van der Waals surface area contributed by atoms with E-state index in [0.717, 1.165) is 10.2 Å². The van der Waals surface area contributed by atoms with Gasteiger partial charge in [0, 0.05) is 32.8 Å². The van der Waals surface area contributed by atoms with Crippen molar-refractivity contribution in [3.05, 3.63) is 76.3 Å². The number of hydrogen-bond acceptors (Lipinski definition) is 6. The number of carbonyl (C=O) groups excluding carboxylic acids is 2. The van der Waals surface area contributed by atoms with E-state index in [2.05, 4.69) is 12.6 Å². The smallest absolute Gasteiger partial charge is 0.196 e. The summed E-state index contributed by atoms with van der Waals surface area (Å²) >= 11 is 6.14. The standard InChI is InChI=1S/C22H14N2O2S2/c1-10-18(23)16-15(19(25)11-6-2-3-7-12(11)20(16)26)17(21(10)27)22-24-13-8-4-5-9-14(13)28-22/h2-9,27H,23H2,1H3. The number of anilines is 1. The largest absolute Gasteiger partial charge is 0.398 e. The van der Waals surface area contributed by atoms with Gasteiger partial charge in [0.2, 0.25) is 0 Å². The molecule has 0 saturated carbocycles. The summed E-state index contributed by atoms with van der Waals surface area (Å²) in [6.07, 6.45) is 0. The normalized spacial score (nSPS) is 12.9. The molecule has 0 bridgehead atoms. The number of rotatable bonds is 1. The topological polar surface area (TPSA) is 73.0 Å². The first kappa shape index (κ1) is 17.2. The van der Waals surface area contributed by atoms with Crippen LogP contribution in [0.25, 0.3) is 20.8 Å². The lowest BCUT2D eigenvalue weighted by Crippen LogP contribution is -2.24. The van der Waals surface area contributed by atoms with Crippen LogP contribution < -0.4 is 5.73 Å². The van der Waals surface area contributed by atoms with Crippen molar-refractivity contribution in [2.24, 2.45) is 0 Å². The zero-order valence-electron chi connectivity index (χ0n) is 14.8. The number of fused-ring (bicyclic) bond motifs is 3. The fourth-order valence-corrected chi connectivity index (χ4v) is 5.12. The van der Waals surface area contributed by atoms with Crippen LogP contribution >= 0.6 is 24.0 Å². The number of carbonyl (C=O) groups is 2. The van der Waals surface area contributed by atoms with E-state index >= 15 is 0 Å². The van der Waals surface area contributed by atoms with Gasteiger partial charge in [-0.3, -0.25) is 9.59 Å². The van der Waals surface area contributed by atoms with Gasteiger partial charge >= 0.3 is 0 Å². The summed E-state index contributed by atoms with van der Waals surface area (Å²) in [7, 11) is 0. The van der Waals surface area contributed by atoms with E-state index in [1.54, 1.807) is 24.3 Å². The maximum absolute atomic E-state index is 13.4. The molecule has 4 aromatic rings. The maximum Gasteiger partial charge on any atom is 0.196 e. The van der Waals surface area contributed by atoms with Gasteiger partial charge in [-0.25, -0.2) is 4.98 Å². The molecule has 6 heteroatoms. The average molecular weight is 403 g/mol. The number of benzene rings is 3. The van der Waals surface area contributed by atoms with E-state index in [1.165, 1.54) is 11.3 Å². The molecule has 136 valence electrons. The van der Waals surface area contributed by atoms with Gasteiger partial charge in [0.15, 0.2) is 11.6 Å². The monoisotopic (exact) mass is 402 g/mol. The average Bonchev–Trinajstić information content (AvgIpc) is 3.13. The molecule has 0 radical (unpaired) electrons. The summed E-state index contributed by atoms with van der Waals surface area (Å²) in [5.41, 5.74) is 10.0. The molecular formula is C22H14N2O2S2. The van der Waals surface area contributed by atoms with E-state index in [4.69, 9.17) is 10.7 Å². The second-order valence-electron chi connectivity index (χ2n) is 6.70. The highest BCUT2D eigenvalue weighted by molar-refractivity contribution is 7.80. The lowest BCUT2D eigenvalue weighted by molar-refractivity contribution is 0.0980. The number of nitrogens with two attached hydrogens (primary N) is 1. The Labute approximate surface area is 170 Å². The van der Waals surface area contributed by atoms with Crippen LogP contribution in [-0.4, -0.2) is 16.6 Å². The molecule has 4 nitrogen and oxygen atoms in total. The molecule has 1 aliphatic carbocycles. The van der Waals surface area contributed by atoms with E-state index in [9.17, 15) is 9.59 Å². The Kier molecular flexibility index (Phi) is 3.69. The van der Waals surface area contributed by atoms with Crippen LogP contribution in [0.2, 0.25) is 0 Å². The van der Waals surface area contributed by atoms with Crippen molar-refractivity contribution in [2.75, 3.05) is 5.73 Å². The number of nitrogen functional groups attached to an aromatic ring is 1. The fraction of sp³-hybridized carbons (Fsp3) is 0.0455. The van der Waals surface area contributed by atoms with Crippen LogP contribution in [0, 0.1) is 6.92 Å². The second-order valence-corrected chi connectivity index (χ2v) is 8.18. The van der Waals surface area contributed by atoms with Crippen molar-refractivity contribution >= 4 is 51.4 Å². The molecule has 0 fully saturated rings. The van der Waals surface area contributed by atoms with Gasteiger partial charge in [-0.15, -0.1) is 24.0 Å². The van der Waals surface area contributed by atoms with Crippen molar-refractivity contribution < 1.29 is 9.59 Å². The molecular weight excluding hydrogens is 388 g/mol. The van der Waals surface area contributed by atoms with Crippen molar-refractivity contribution in [1.82, 2.24) is 4.98 Å². The minimum absolute atomic E-state index is 0.221. The van der Waals surface area contributed by atoms with Crippen molar-refractivity contribution in [1.29, 1.82) is 0 Å². The Morgan fingerprint density at radius 2 is 1.50 bits per heavy atom. The third-order valence-electron chi connectivity index (χ3n) is 5.14. The zero-order chi connectivity index (χ0) is 19.6. The van der Waals surface area contributed by atoms with Gasteiger partial charge in [-0.1, -0.05) is 36.4 Å². The lowest BCUT2D eigenvalue weighted by atomic mass is 9.80. The number of thiazole rings is 1. The van der Waals surface area contributed by atoms with Crippen LogP contribution in [-0.2, 0) is 0 Å². The number of para-hydroxylation sites is 1. The van der Waals surface area contributed by atoms with Gasteiger partial charge in [0.25, 0.3) is 0 Å². The highest BCUT2D eigenvalue weighted by atomic mass is 32.1. The minimum Gasteiger partial charge on any atom is -0.398 e. The molecule has 0 aliphatic heterocycles. The predicted molar refractivity (Wildman–Crippen MR) is 115 cm³/mol. The molecule has 0 atom stereocenters. The van der Waals surface area contributed by atoms with Gasteiger partial charge in [-0.05, 0) is 24.6 Å². The van der Waals surface area contributed by atoms with Crippen molar-refractivity contribution in [3.8, 4) is 10.6 Å². The third-order valence-corrected chi connectivity index (χ3v) is 6.76. The highest BCUT2D eigenvalue weighted by Gasteiger charge is 2.36. The first-order valence-corrected chi connectivity index (χ1v) is 9.94. The Morgan fingerprint density at radius 1 is 0.893 bits per heavy atom. The zero-order valence-corrected chi connectivity index (χ0v) is 16.5. The summed E-state index contributed by atoms with van der Waals surface area (Å²) < 4.78 is 1.00. The quantitative estimate of drug-likeness (QED) is 0.308. The van der Waals surface area contributed by atoms with Crippen molar-refractivity contribution in [2.45, 2.75) is 11.8 Å². The Hall–Kier alpha value is -2.96. The lowest BCUT2D eigenvalue weighted by Gasteiger charge is -2.24. The highest BCUT2D eigenvalue weighted by Crippen LogP contribution is 2.45. The summed E-state index contributed by atoms with van der Waals surface area (Å²) in [6.45, 7) is 1.81. The summed E-state index contributed by atoms with van der Waals surface area (Å²) in [6, 6.07) is 14.6. The number of ketones is 2. The van der Waals surface area contributed by atoms with Gasteiger partial charge in [0.05, 0.1) is 15.8 Å². The summed E-state index contributed by atoms with van der Waals surface area (Å²) in [5.74, 6) is -0.456. The molecule has 1 aliphatic rings. The molecule has 1 aromatic heterocycles. The Bertz CT molecular complexity index is 1310. The van der Waals surface area contributed by atoms with Crippen LogP contribution in [0.1, 0.15) is 37.4 Å². The van der Waals surface area contributed by atoms with Crippen LogP contribution in [0.5, 0.6) is 0 Å². The minimum atomic E-state index is -0.235. The number of thiol groups is 1. The number of hydrogen-bond donors (Lipinski definition) is 2. The third kappa shape index (κ3) is 2.22. The molecule has 3 aromatic carbocycles. The van der Waals surface area contributed by atoms with Crippen LogP contribution in [0.4, 0.5) is 5.69 Å². The van der Waals surface area contributed by atoms with E-state index in [-0.39, 0.29) is 17.1 Å². The molecule has 0 amide bonds. The van der Waals surface area contributed by atoms with Gasteiger partial charge in [-0.2, -0.15) is 0 Å². The molecule has 28 heavy (non-hydrogen) atoms. The SMILES string of the molecule is Cc1c(N)c2c(c(-c3nc4ccccc4s3)c1S)C(=O)c1ccccc1C2=O. The molecule has 0 unspecified atom stereocenters. The molecule has 1 heterocycles. The predicted octanol–water partition coefficient (Wildman–Crippen LogP) is 4.92. The fourth-order valence-electron chi connectivity index (χ4n) is 3.68. The first-order valence-electron chi connectivity index (χ1n) is 8.68. The second kappa shape index (κ2) is 6.02. The van der Waals surface area contributed by atoms with Gasteiger partial charge in [0.1, 0.15) is 5.01 Å². The molecule has 0 spiro atoms. The number of aromatic nitrogens is 1. The van der Waals surface area contributed by atoms with Crippen LogP contribution in [0.3, 0.4) is 0 Å². The molecule has 5 rings (SSSR count). The van der Waals surface area contributed by atoms with Crippen LogP contribution in [0.15, 0.2) is 53.4 Å². The first-order chi connectivity index (χ1) is 13.5. The van der Waals surface area contributed by atoms with E-state index in [0.29, 0.717) is 43.4 Å². The Balaban J connectivity index is 1.90. The molecule has 2 N–H and O–H groups in total. The number of nitrogens with zero attached hydrogens (tertiary/aromatic N) is 1. The summed E-state index contributed by atoms with van der Waals surface area (Å²) in [5, 5.41) is 0.658. The molecule has 0 saturated heterocycles. The van der Waals surface area contributed by atoms with E-state index in [1.807, 2.05) is 31.2 Å². The maximum atomic E-state index is 13.4. The van der Waals surface area contributed by atoms with Crippen molar-refractivity contribution in [3.63, 3.8) is 0 Å².